The first kappa shape index (κ1) is 16.1. The van der Waals surface area contributed by atoms with E-state index in [0.29, 0.717) is 12.1 Å². The monoisotopic (exact) mass is 347 g/mol. The smallest absolute Gasteiger partial charge is 0.224 e. The maximum atomic E-state index is 12.6. The highest BCUT2D eigenvalue weighted by Gasteiger charge is 2.51. The van der Waals surface area contributed by atoms with Crippen molar-refractivity contribution >= 4 is 21.4 Å². The highest BCUT2D eigenvalue weighted by molar-refractivity contribution is 7.90. The molecule has 130 valence electrons. The molecule has 5 rings (SSSR count). The fourth-order valence-electron chi connectivity index (χ4n) is 5.86. The van der Waals surface area contributed by atoms with Gasteiger partial charge in [-0.15, -0.1) is 0 Å². The highest BCUT2D eigenvalue weighted by atomic mass is 32.2. The van der Waals surface area contributed by atoms with Crippen molar-refractivity contribution in [1.29, 1.82) is 0 Å². The number of sulfone groups is 1. The van der Waals surface area contributed by atoms with Gasteiger partial charge in [0.25, 0.3) is 0 Å². The lowest BCUT2D eigenvalue weighted by Crippen LogP contribution is -2.47. The highest BCUT2D eigenvalue weighted by Crippen LogP contribution is 2.61. The Morgan fingerprint density at radius 2 is 1.71 bits per heavy atom. The van der Waals surface area contributed by atoms with Crippen LogP contribution in [0.4, 0.5) is 5.69 Å². The van der Waals surface area contributed by atoms with Gasteiger partial charge in [-0.2, -0.15) is 0 Å². The van der Waals surface area contributed by atoms with E-state index in [1.807, 2.05) is 0 Å². The maximum absolute atomic E-state index is 12.6. The van der Waals surface area contributed by atoms with Gasteiger partial charge in [-0.3, -0.25) is 4.79 Å². The zero-order chi connectivity index (χ0) is 16.9. The second kappa shape index (κ2) is 5.58. The van der Waals surface area contributed by atoms with E-state index in [4.69, 9.17) is 0 Å². The second-order valence-electron chi connectivity index (χ2n) is 8.44. The molecule has 0 saturated heterocycles. The molecular formula is C19H25NO3S. The Balaban J connectivity index is 1.46. The van der Waals surface area contributed by atoms with Crippen LogP contribution < -0.4 is 5.32 Å². The summed E-state index contributed by atoms with van der Waals surface area (Å²) in [7, 11) is -3.26. The molecule has 0 radical (unpaired) electrons. The SMILES string of the molecule is CS(=O)(=O)c1cccc(NC(=O)CC23CC4CC(CC(C4)C2)C3)c1. The number of anilines is 1. The van der Waals surface area contributed by atoms with E-state index >= 15 is 0 Å². The summed E-state index contributed by atoms with van der Waals surface area (Å²) in [6, 6.07) is 6.54. The van der Waals surface area contributed by atoms with Gasteiger partial charge in [0.05, 0.1) is 4.90 Å². The van der Waals surface area contributed by atoms with Crippen LogP contribution in [0.1, 0.15) is 44.9 Å². The molecule has 4 fully saturated rings. The minimum absolute atomic E-state index is 0.0302. The van der Waals surface area contributed by atoms with Gasteiger partial charge in [-0.25, -0.2) is 8.42 Å². The van der Waals surface area contributed by atoms with Crippen LogP contribution in [-0.4, -0.2) is 20.6 Å². The Kier molecular flexibility index (Phi) is 3.75. The minimum Gasteiger partial charge on any atom is -0.326 e. The predicted molar refractivity (Wildman–Crippen MR) is 93.4 cm³/mol. The zero-order valence-electron chi connectivity index (χ0n) is 14.1. The van der Waals surface area contributed by atoms with Gasteiger partial charge in [0.15, 0.2) is 9.84 Å². The van der Waals surface area contributed by atoms with Gasteiger partial charge in [-0.05, 0) is 79.9 Å². The third-order valence-corrected chi connectivity index (χ3v) is 7.36. The van der Waals surface area contributed by atoms with Crippen molar-refractivity contribution < 1.29 is 13.2 Å². The van der Waals surface area contributed by atoms with E-state index in [-0.39, 0.29) is 16.2 Å². The van der Waals surface area contributed by atoms with Crippen LogP contribution in [-0.2, 0) is 14.6 Å². The third kappa shape index (κ3) is 3.10. The number of carbonyl (C=O) groups is 1. The average Bonchev–Trinajstić information content (AvgIpc) is 2.44. The van der Waals surface area contributed by atoms with Crippen molar-refractivity contribution in [2.24, 2.45) is 23.2 Å². The molecule has 24 heavy (non-hydrogen) atoms. The van der Waals surface area contributed by atoms with Gasteiger partial charge >= 0.3 is 0 Å². The molecule has 1 aromatic rings. The van der Waals surface area contributed by atoms with Crippen molar-refractivity contribution in [1.82, 2.24) is 0 Å². The zero-order valence-corrected chi connectivity index (χ0v) is 14.9. The molecule has 1 amide bonds. The van der Waals surface area contributed by atoms with Crippen LogP contribution in [0.2, 0.25) is 0 Å². The molecule has 0 spiro atoms. The van der Waals surface area contributed by atoms with Gasteiger partial charge in [0.1, 0.15) is 0 Å². The Morgan fingerprint density at radius 3 is 2.25 bits per heavy atom. The molecule has 0 aromatic heterocycles. The standard InChI is InChI=1S/C19H25NO3S/c1-24(22,23)17-4-2-3-16(8-17)20-18(21)12-19-9-13-5-14(10-19)7-15(6-13)11-19/h2-4,8,13-15H,5-7,9-12H2,1H3,(H,20,21). The maximum Gasteiger partial charge on any atom is 0.224 e. The molecule has 0 aliphatic heterocycles. The van der Waals surface area contributed by atoms with Crippen LogP contribution in [0, 0.1) is 23.2 Å². The molecule has 1 N–H and O–H groups in total. The second-order valence-corrected chi connectivity index (χ2v) is 10.5. The van der Waals surface area contributed by atoms with Gasteiger partial charge < -0.3 is 5.32 Å². The van der Waals surface area contributed by atoms with Crippen LogP contribution in [0.25, 0.3) is 0 Å². The fraction of sp³-hybridized carbons (Fsp3) is 0.632. The number of rotatable bonds is 4. The Labute approximate surface area is 143 Å². The van der Waals surface area contributed by atoms with Gasteiger partial charge in [-0.1, -0.05) is 6.07 Å². The minimum atomic E-state index is -3.26. The van der Waals surface area contributed by atoms with Crippen LogP contribution >= 0.6 is 0 Å². The van der Waals surface area contributed by atoms with Crippen LogP contribution in [0.15, 0.2) is 29.2 Å². The Morgan fingerprint density at radius 1 is 1.12 bits per heavy atom. The summed E-state index contributed by atoms with van der Waals surface area (Å²) in [6.45, 7) is 0. The number of hydrogen-bond donors (Lipinski definition) is 1. The molecule has 0 unspecified atom stereocenters. The van der Waals surface area contributed by atoms with E-state index in [1.54, 1.807) is 24.3 Å². The molecule has 4 saturated carbocycles. The lowest BCUT2D eigenvalue weighted by atomic mass is 9.49. The molecule has 5 heteroatoms. The molecule has 4 aliphatic carbocycles. The molecule has 1 aromatic carbocycles. The number of amides is 1. The summed E-state index contributed by atoms with van der Waals surface area (Å²) < 4.78 is 23.3. The Bertz CT molecular complexity index is 733. The van der Waals surface area contributed by atoms with Crippen molar-refractivity contribution in [3.8, 4) is 0 Å². The first-order chi connectivity index (χ1) is 11.3. The predicted octanol–water partition coefficient (Wildman–Crippen LogP) is 3.64. The number of hydrogen-bond acceptors (Lipinski definition) is 3. The molecule has 4 nitrogen and oxygen atoms in total. The summed E-state index contributed by atoms with van der Waals surface area (Å²) in [6.07, 6.45) is 9.50. The van der Waals surface area contributed by atoms with Gasteiger partial charge in [0, 0.05) is 18.4 Å². The summed E-state index contributed by atoms with van der Waals surface area (Å²) in [5, 5.41) is 2.93. The first-order valence-corrected chi connectivity index (χ1v) is 10.8. The van der Waals surface area contributed by atoms with E-state index in [0.717, 1.165) is 17.8 Å². The normalized spacial score (nSPS) is 34.3. The van der Waals surface area contributed by atoms with Gasteiger partial charge in [0.2, 0.25) is 5.91 Å². The summed E-state index contributed by atoms with van der Waals surface area (Å²) in [5.41, 5.74) is 0.778. The largest absolute Gasteiger partial charge is 0.326 e. The van der Waals surface area contributed by atoms with Crippen molar-refractivity contribution in [3.05, 3.63) is 24.3 Å². The Hall–Kier alpha value is -1.36. The van der Waals surface area contributed by atoms with E-state index in [1.165, 1.54) is 44.8 Å². The number of benzene rings is 1. The van der Waals surface area contributed by atoms with Crippen LogP contribution in [0.5, 0.6) is 0 Å². The molecule has 0 heterocycles. The number of carbonyl (C=O) groups excluding carboxylic acids is 1. The van der Waals surface area contributed by atoms with Crippen molar-refractivity contribution in [2.45, 2.75) is 49.8 Å². The molecule has 4 aliphatic rings. The van der Waals surface area contributed by atoms with E-state index < -0.39 is 9.84 Å². The van der Waals surface area contributed by atoms with Crippen molar-refractivity contribution in [3.63, 3.8) is 0 Å². The quantitative estimate of drug-likeness (QED) is 0.904. The lowest BCUT2D eigenvalue weighted by Gasteiger charge is -2.56. The first-order valence-electron chi connectivity index (χ1n) is 8.91. The molecular weight excluding hydrogens is 322 g/mol. The summed E-state index contributed by atoms with van der Waals surface area (Å²) >= 11 is 0. The van der Waals surface area contributed by atoms with Crippen molar-refractivity contribution in [2.75, 3.05) is 11.6 Å². The topological polar surface area (TPSA) is 63.2 Å². The van der Waals surface area contributed by atoms with E-state index in [2.05, 4.69) is 5.32 Å². The molecule has 0 atom stereocenters. The fourth-order valence-corrected chi connectivity index (χ4v) is 6.52. The summed E-state index contributed by atoms with van der Waals surface area (Å²) in [4.78, 5) is 12.8. The van der Waals surface area contributed by atoms with Crippen LogP contribution in [0.3, 0.4) is 0 Å². The third-order valence-electron chi connectivity index (χ3n) is 6.25. The summed E-state index contributed by atoms with van der Waals surface area (Å²) in [5.74, 6) is 2.52. The van der Waals surface area contributed by atoms with E-state index in [9.17, 15) is 13.2 Å². The molecule has 4 bridgehead atoms. The number of nitrogens with one attached hydrogen (secondary N) is 1. The average molecular weight is 347 g/mol. The lowest BCUT2D eigenvalue weighted by molar-refractivity contribution is -0.124.